The van der Waals surface area contributed by atoms with E-state index in [0.29, 0.717) is 11.2 Å². The molecule has 3 N–H and O–H groups in total. The molecule has 0 aliphatic heterocycles. The molecule has 0 bridgehead atoms. The molecule has 1 aromatic heterocycles. The zero-order valence-corrected chi connectivity index (χ0v) is 9.19. The Bertz CT molecular complexity index is 666. The maximum Gasteiger partial charge on any atom is 0.274 e. The van der Waals surface area contributed by atoms with E-state index in [0.717, 1.165) is 4.68 Å². The van der Waals surface area contributed by atoms with Gasteiger partial charge in [0.1, 0.15) is 5.78 Å². The van der Waals surface area contributed by atoms with Crippen LogP contribution in [0.3, 0.4) is 0 Å². The quantitative estimate of drug-likeness (QED) is 0.584. The summed E-state index contributed by atoms with van der Waals surface area (Å²) in [5.74, 6) is -0.739. The summed E-state index contributed by atoms with van der Waals surface area (Å²) in [6, 6.07) is 4.82. The Hall–Kier alpha value is -2.37. The third-order valence-corrected chi connectivity index (χ3v) is 2.41. The van der Waals surface area contributed by atoms with E-state index in [4.69, 9.17) is 5.73 Å². The highest BCUT2D eigenvalue weighted by molar-refractivity contribution is 6.02. The number of carbonyl (C=O) groups is 2. The average molecular weight is 233 g/mol. The minimum atomic E-state index is -0.477. The summed E-state index contributed by atoms with van der Waals surface area (Å²) in [4.78, 5) is 34.2. The van der Waals surface area contributed by atoms with Crippen LogP contribution in [0.15, 0.2) is 23.0 Å². The van der Waals surface area contributed by atoms with Gasteiger partial charge in [-0.3, -0.25) is 19.5 Å². The minimum absolute atomic E-state index is 0.255. The number of anilines is 1. The molecule has 88 valence electrons. The summed E-state index contributed by atoms with van der Waals surface area (Å²) < 4.78 is 1.06. The molecule has 0 radical (unpaired) electrons. The number of nitrogens with one attached hydrogen (secondary N) is 1. The summed E-state index contributed by atoms with van der Waals surface area (Å²) in [6.45, 7) is 1.32. The smallest absolute Gasteiger partial charge is 0.274 e. The molecule has 0 amide bonds. The molecule has 6 heteroatoms. The van der Waals surface area contributed by atoms with E-state index in [-0.39, 0.29) is 17.6 Å². The fourth-order valence-corrected chi connectivity index (χ4v) is 1.70. The minimum Gasteiger partial charge on any atom is -0.398 e. The van der Waals surface area contributed by atoms with Crippen LogP contribution >= 0.6 is 0 Å². The van der Waals surface area contributed by atoms with Gasteiger partial charge in [-0.05, 0) is 19.1 Å². The lowest BCUT2D eigenvalue weighted by Crippen LogP contribution is -2.17. The number of aromatic nitrogens is 2. The number of nitrogens with two attached hydrogens (primary N) is 1. The Balaban J connectivity index is 2.64. The molecule has 0 spiro atoms. The second kappa shape index (κ2) is 3.89. The van der Waals surface area contributed by atoms with Crippen molar-refractivity contribution in [1.82, 2.24) is 9.78 Å². The lowest BCUT2D eigenvalue weighted by molar-refractivity contribution is -0.116. The number of ketones is 1. The van der Waals surface area contributed by atoms with E-state index in [1.807, 2.05) is 0 Å². The number of fused-ring (bicyclic) bond motifs is 1. The molecule has 0 fully saturated rings. The van der Waals surface area contributed by atoms with E-state index in [1.54, 1.807) is 18.2 Å². The largest absolute Gasteiger partial charge is 0.398 e. The zero-order valence-electron chi connectivity index (χ0n) is 9.19. The Morgan fingerprint density at radius 3 is 2.76 bits per heavy atom. The van der Waals surface area contributed by atoms with Crippen molar-refractivity contribution < 1.29 is 9.59 Å². The van der Waals surface area contributed by atoms with Gasteiger partial charge in [0.25, 0.3) is 11.5 Å². The Kier molecular flexibility index (Phi) is 2.55. The molecule has 1 aromatic carbocycles. The van der Waals surface area contributed by atoms with Crippen LogP contribution in [0.5, 0.6) is 0 Å². The predicted octanol–water partition coefficient (Wildman–Crippen LogP) is 0.531. The van der Waals surface area contributed by atoms with Crippen LogP contribution in [0, 0.1) is 0 Å². The molecule has 6 nitrogen and oxygen atoms in total. The van der Waals surface area contributed by atoms with Crippen LogP contribution in [-0.4, -0.2) is 21.5 Å². The van der Waals surface area contributed by atoms with Gasteiger partial charge in [0.2, 0.25) is 0 Å². The van der Waals surface area contributed by atoms with Crippen molar-refractivity contribution in [2.24, 2.45) is 0 Å². The van der Waals surface area contributed by atoms with E-state index < -0.39 is 11.5 Å². The SMILES string of the molecule is CC(=O)CC(=O)n1[nH]c(=O)c2c(N)cccc21. The van der Waals surface area contributed by atoms with Crippen molar-refractivity contribution in [3.05, 3.63) is 28.6 Å². The molecule has 0 aliphatic carbocycles. The van der Waals surface area contributed by atoms with Gasteiger partial charge < -0.3 is 5.73 Å². The van der Waals surface area contributed by atoms with Crippen LogP contribution in [0.1, 0.15) is 18.1 Å². The molecule has 2 aromatic rings. The molecular weight excluding hydrogens is 222 g/mol. The van der Waals surface area contributed by atoms with E-state index in [9.17, 15) is 14.4 Å². The highest BCUT2D eigenvalue weighted by atomic mass is 16.2. The molecule has 0 aliphatic rings. The van der Waals surface area contributed by atoms with Crippen molar-refractivity contribution in [1.29, 1.82) is 0 Å². The third-order valence-electron chi connectivity index (χ3n) is 2.41. The Labute approximate surface area is 96.0 Å². The number of benzene rings is 1. The molecule has 2 rings (SSSR count). The number of nitrogens with zero attached hydrogens (tertiary/aromatic N) is 1. The maximum atomic E-state index is 11.7. The topological polar surface area (TPSA) is 98.0 Å². The first-order valence-corrected chi connectivity index (χ1v) is 5.02. The van der Waals surface area contributed by atoms with Crippen molar-refractivity contribution in [3.8, 4) is 0 Å². The number of H-pyrrole nitrogens is 1. The van der Waals surface area contributed by atoms with Crippen LogP contribution in [-0.2, 0) is 4.79 Å². The van der Waals surface area contributed by atoms with Gasteiger partial charge in [-0.15, -0.1) is 0 Å². The first-order valence-electron chi connectivity index (χ1n) is 5.02. The van der Waals surface area contributed by atoms with Crippen LogP contribution < -0.4 is 11.3 Å². The second-order valence-corrected chi connectivity index (χ2v) is 3.79. The third kappa shape index (κ3) is 1.84. The normalized spacial score (nSPS) is 10.6. The summed E-state index contributed by atoms with van der Waals surface area (Å²) in [7, 11) is 0. The van der Waals surface area contributed by atoms with Crippen molar-refractivity contribution in [2.75, 3.05) is 5.73 Å². The number of hydrogen-bond donors (Lipinski definition) is 2. The van der Waals surface area contributed by atoms with Gasteiger partial charge in [0, 0.05) is 5.69 Å². The van der Waals surface area contributed by atoms with E-state index in [1.165, 1.54) is 6.92 Å². The van der Waals surface area contributed by atoms with Gasteiger partial charge in [0.05, 0.1) is 17.3 Å². The first kappa shape index (κ1) is 11.1. The zero-order chi connectivity index (χ0) is 12.6. The van der Waals surface area contributed by atoms with Crippen molar-refractivity contribution in [2.45, 2.75) is 13.3 Å². The standard InChI is InChI=1S/C11H11N3O3/c1-6(15)5-9(16)14-8-4-2-3-7(12)10(8)11(17)13-14/h2-4H,5,12H2,1H3,(H,13,17). The van der Waals surface area contributed by atoms with Gasteiger partial charge in [-0.1, -0.05) is 6.07 Å². The summed E-state index contributed by atoms with van der Waals surface area (Å²) in [6.07, 6.45) is -0.255. The number of hydrogen-bond acceptors (Lipinski definition) is 4. The highest BCUT2D eigenvalue weighted by Gasteiger charge is 2.15. The number of Topliss-reactive ketones (excluding diaryl/α,β-unsaturated/α-hetero) is 1. The van der Waals surface area contributed by atoms with Crippen LogP contribution in [0.2, 0.25) is 0 Å². The van der Waals surface area contributed by atoms with Gasteiger partial charge in [-0.2, -0.15) is 0 Å². The molecular formula is C11H11N3O3. The summed E-state index contributed by atoms with van der Waals surface area (Å²) in [5.41, 5.74) is 5.92. The summed E-state index contributed by atoms with van der Waals surface area (Å²) in [5, 5.41) is 2.65. The fourth-order valence-electron chi connectivity index (χ4n) is 1.70. The molecule has 0 saturated carbocycles. The monoisotopic (exact) mass is 233 g/mol. The molecule has 0 atom stereocenters. The highest BCUT2D eigenvalue weighted by Crippen LogP contribution is 2.16. The van der Waals surface area contributed by atoms with Gasteiger partial charge >= 0.3 is 0 Å². The first-order chi connectivity index (χ1) is 8.00. The average Bonchev–Trinajstić information content (AvgIpc) is 2.56. The van der Waals surface area contributed by atoms with Crippen LogP contribution in [0.4, 0.5) is 5.69 Å². The van der Waals surface area contributed by atoms with Gasteiger partial charge in [0.15, 0.2) is 0 Å². The molecule has 1 heterocycles. The van der Waals surface area contributed by atoms with E-state index in [2.05, 4.69) is 5.10 Å². The van der Waals surface area contributed by atoms with Crippen molar-refractivity contribution >= 4 is 28.3 Å². The fraction of sp³-hybridized carbons (Fsp3) is 0.182. The molecule has 17 heavy (non-hydrogen) atoms. The number of nitrogen functional groups attached to an aromatic ring is 1. The molecule has 0 unspecified atom stereocenters. The second-order valence-electron chi connectivity index (χ2n) is 3.79. The van der Waals surface area contributed by atoms with Gasteiger partial charge in [-0.25, -0.2) is 4.68 Å². The van der Waals surface area contributed by atoms with E-state index >= 15 is 0 Å². The Morgan fingerprint density at radius 1 is 1.41 bits per heavy atom. The lowest BCUT2D eigenvalue weighted by atomic mass is 10.2. The predicted molar refractivity (Wildman–Crippen MR) is 62.9 cm³/mol. The summed E-state index contributed by atoms with van der Waals surface area (Å²) >= 11 is 0. The number of aromatic amines is 1. The number of rotatable bonds is 2. The lowest BCUT2D eigenvalue weighted by Gasteiger charge is -2.01. The molecule has 0 saturated heterocycles. The van der Waals surface area contributed by atoms with Crippen molar-refractivity contribution in [3.63, 3.8) is 0 Å². The maximum absolute atomic E-state index is 11.7. The van der Waals surface area contributed by atoms with Crippen LogP contribution in [0.25, 0.3) is 10.9 Å². The Morgan fingerprint density at radius 2 is 2.12 bits per heavy atom. The number of carbonyl (C=O) groups excluding carboxylic acids is 2.